The Morgan fingerprint density at radius 3 is 2.77 bits per heavy atom. The van der Waals surface area contributed by atoms with Gasteiger partial charge < -0.3 is 10.4 Å². The Morgan fingerprint density at radius 2 is 2.23 bits per heavy atom. The summed E-state index contributed by atoms with van der Waals surface area (Å²) in [5.41, 5.74) is 0. The smallest absolute Gasteiger partial charge is 0.0693 e. The van der Waals surface area contributed by atoms with E-state index in [1.807, 2.05) is 0 Å². The van der Waals surface area contributed by atoms with Crippen LogP contribution in [0.4, 0.5) is 0 Å². The summed E-state index contributed by atoms with van der Waals surface area (Å²) < 4.78 is 0. The second kappa shape index (κ2) is 5.61. The van der Waals surface area contributed by atoms with E-state index < -0.39 is 0 Å². The fourth-order valence-electron chi connectivity index (χ4n) is 2.09. The van der Waals surface area contributed by atoms with E-state index in [0.29, 0.717) is 12.1 Å². The lowest BCUT2D eigenvalue weighted by Gasteiger charge is -2.21. The predicted octanol–water partition coefficient (Wildman–Crippen LogP) is 2.07. The van der Waals surface area contributed by atoms with Crippen molar-refractivity contribution in [2.75, 3.05) is 0 Å². The lowest BCUT2D eigenvalue weighted by Crippen LogP contribution is -2.41. The molecule has 13 heavy (non-hydrogen) atoms. The molecule has 0 amide bonds. The molecule has 0 aliphatic heterocycles. The molecule has 2 heteroatoms. The van der Waals surface area contributed by atoms with Gasteiger partial charge in [0.15, 0.2) is 0 Å². The maximum atomic E-state index is 9.60. The molecule has 78 valence electrons. The zero-order valence-electron chi connectivity index (χ0n) is 8.92. The highest BCUT2D eigenvalue weighted by Crippen LogP contribution is 2.19. The minimum atomic E-state index is -0.0934. The maximum absolute atomic E-state index is 9.60. The Labute approximate surface area is 81.7 Å². The van der Waals surface area contributed by atoms with Crippen molar-refractivity contribution in [1.82, 2.24) is 5.32 Å². The molecule has 0 spiro atoms. The van der Waals surface area contributed by atoms with Crippen LogP contribution in [0, 0.1) is 0 Å². The fourth-order valence-corrected chi connectivity index (χ4v) is 2.09. The summed E-state index contributed by atoms with van der Waals surface area (Å²) in [6.07, 6.45) is 7.01. The van der Waals surface area contributed by atoms with Crippen LogP contribution in [0.15, 0.2) is 0 Å². The second-order valence-corrected chi connectivity index (χ2v) is 4.31. The third-order valence-corrected chi connectivity index (χ3v) is 2.97. The van der Waals surface area contributed by atoms with Gasteiger partial charge in [-0.25, -0.2) is 0 Å². The SMILES string of the molecule is CCCCC(C)N[C@H]1CCC[C@@H]1O. The quantitative estimate of drug-likeness (QED) is 0.687. The molecule has 0 aromatic heterocycles. The van der Waals surface area contributed by atoms with E-state index in [2.05, 4.69) is 19.2 Å². The number of rotatable bonds is 5. The number of aliphatic hydroxyl groups excluding tert-OH is 1. The number of aliphatic hydroxyl groups is 1. The number of unbranched alkanes of at least 4 members (excludes halogenated alkanes) is 1. The molecule has 0 heterocycles. The molecule has 1 saturated carbocycles. The van der Waals surface area contributed by atoms with Gasteiger partial charge in [0, 0.05) is 12.1 Å². The predicted molar refractivity (Wildman–Crippen MR) is 55.8 cm³/mol. The van der Waals surface area contributed by atoms with E-state index in [1.165, 1.54) is 25.7 Å². The van der Waals surface area contributed by atoms with E-state index in [9.17, 15) is 5.11 Å². The second-order valence-electron chi connectivity index (χ2n) is 4.31. The summed E-state index contributed by atoms with van der Waals surface area (Å²) in [6.45, 7) is 4.44. The van der Waals surface area contributed by atoms with E-state index in [0.717, 1.165) is 12.8 Å². The Morgan fingerprint density at radius 1 is 1.46 bits per heavy atom. The van der Waals surface area contributed by atoms with E-state index in [4.69, 9.17) is 0 Å². The van der Waals surface area contributed by atoms with Gasteiger partial charge in [-0.1, -0.05) is 19.8 Å². The summed E-state index contributed by atoms with van der Waals surface area (Å²) in [5.74, 6) is 0. The number of hydrogen-bond donors (Lipinski definition) is 2. The van der Waals surface area contributed by atoms with Crippen LogP contribution in [0.25, 0.3) is 0 Å². The van der Waals surface area contributed by atoms with Gasteiger partial charge in [0.25, 0.3) is 0 Å². The van der Waals surface area contributed by atoms with Crippen LogP contribution in [-0.4, -0.2) is 23.3 Å². The summed E-state index contributed by atoms with van der Waals surface area (Å²) in [4.78, 5) is 0. The molecule has 0 saturated heterocycles. The molecule has 1 unspecified atom stereocenters. The van der Waals surface area contributed by atoms with Crippen molar-refractivity contribution >= 4 is 0 Å². The molecule has 1 rings (SSSR count). The van der Waals surface area contributed by atoms with Gasteiger partial charge in [-0.15, -0.1) is 0 Å². The average molecular weight is 185 g/mol. The summed E-state index contributed by atoms with van der Waals surface area (Å²) >= 11 is 0. The van der Waals surface area contributed by atoms with E-state index in [-0.39, 0.29) is 6.10 Å². The molecule has 0 aromatic carbocycles. The first-order valence-electron chi connectivity index (χ1n) is 5.68. The highest BCUT2D eigenvalue weighted by molar-refractivity contribution is 4.84. The Balaban J connectivity index is 2.15. The van der Waals surface area contributed by atoms with Gasteiger partial charge in [-0.3, -0.25) is 0 Å². The van der Waals surface area contributed by atoms with Crippen molar-refractivity contribution in [2.24, 2.45) is 0 Å². The van der Waals surface area contributed by atoms with Crippen LogP contribution in [-0.2, 0) is 0 Å². The first-order chi connectivity index (χ1) is 6.24. The zero-order chi connectivity index (χ0) is 9.68. The van der Waals surface area contributed by atoms with Crippen molar-refractivity contribution in [2.45, 2.75) is 70.6 Å². The molecule has 0 bridgehead atoms. The molecule has 3 atom stereocenters. The molecular formula is C11H23NO. The first-order valence-corrected chi connectivity index (χ1v) is 5.68. The number of hydrogen-bond acceptors (Lipinski definition) is 2. The van der Waals surface area contributed by atoms with Crippen LogP contribution in [0.3, 0.4) is 0 Å². The monoisotopic (exact) mass is 185 g/mol. The average Bonchev–Trinajstić information content (AvgIpc) is 2.48. The minimum Gasteiger partial charge on any atom is -0.392 e. The lowest BCUT2D eigenvalue weighted by molar-refractivity contribution is 0.143. The summed E-state index contributed by atoms with van der Waals surface area (Å²) in [6, 6.07) is 0.935. The molecule has 1 fully saturated rings. The lowest BCUT2D eigenvalue weighted by atomic mass is 10.1. The highest BCUT2D eigenvalue weighted by Gasteiger charge is 2.25. The van der Waals surface area contributed by atoms with Gasteiger partial charge in [-0.2, -0.15) is 0 Å². The molecular weight excluding hydrogens is 162 g/mol. The van der Waals surface area contributed by atoms with Gasteiger partial charge in [-0.05, 0) is 32.6 Å². The van der Waals surface area contributed by atoms with Crippen LogP contribution < -0.4 is 5.32 Å². The van der Waals surface area contributed by atoms with Gasteiger partial charge in [0.05, 0.1) is 6.10 Å². The molecule has 2 N–H and O–H groups in total. The molecule has 2 nitrogen and oxygen atoms in total. The zero-order valence-corrected chi connectivity index (χ0v) is 8.92. The molecule has 1 aliphatic rings. The van der Waals surface area contributed by atoms with Crippen molar-refractivity contribution in [3.63, 3.8) is 0 Å². The Bertz CT molecular complexity index is 138. The topological polar surface area (TPSA) is 32.3 Å². The van der Waals surface area contributed by atoms with E-state index >= 15 is 0 Å². The summed E-state index contributed by atoms with van der Waals surface area (Å²) in [7, 11) is 0. The van der Waals surface area contributed by atoms with Crippen molar-refractivity contribution in [3.8, 4) is 0 Å². The van der Waals surface area contributed by atoms with Gasteiger partial charge >= 0.3 is 0 Å². The molecule has 0 aromatic rings. The van der Waals surface area contributed by atoms with Crippen LogP contribution >= 0.6 is 0 Å². The van der Waals surface area contributed by atoms with Gasteiger partial charge in [0.1, 0.15) is 0 Å². The third kappa shape index (κ3) is 3.65. The Kier molecular flexibility index (Phi) is 4.74. The standard InChI is InChI=1S/C11H23NO/c1-3-4-6-9(2)12-10-7-5-8-11(10)13/h9-13H,3-8H2,1-2H3/t9?,10-,11-/m0/s1. The molecule has 1 aliphatic carbocycles. The normalized spacial score (nSPS) is 30.7. The number of nitrogens with one attached hydrogen (secondary N) is 1. The van der Waals surface area contributed by atoms with Crippen LogP contribution in [0.5, 0.6) is 0 Å². The largest absolute Gasteiger partial charge is 0.392 e. The Hall–Kier alpha value is -0.0800. The summed E-state index contributed by atoms with van der Waals surface area (Å²) in [5, 5.41) is 13.1. The maximum Gasteiger partial charge on any atom is 0.0693 e. The van der Waals surface area contributed by atoms with Crippen molar-refractivity contribution in [1.29, 1.82) is 0 Å². The van der Waals surface area contributed by atoms with Crippen LogP contribution in [0.1, 0.15) is 52.4 Å². The fraction of sp³-hybridized carbons (Fsp3) is 1.00. The highest BCUT2D eigenvalue weighted by atomic mass is 16.3. The van der Waals surface area contributed by atoms with Crippen molar-refractivity contribution in [3.05, 3.63) is 0 Å². The van der Waals surface area contributed by atoms with Gasteiger partial charge in [0.2, 0.25) is 0 Å². The minimum absolute atomic E-state index is 0.0934. The van der Waals surface area contributed by atoms with Crippen molar-refractivity contribution < 1.29 is 5.11 Å². The third-order valence-electron chi connectivity index (χ3n) is 2.97. The first kappa shape index (κ1) is 11.0. The molecule has 0 radical (unpaired) electrons. The van der Waals surface area contributed by atoms with Crippen LogP contribution in [0.2, 0.25) is 0 Å². The van der Waals surface area contributed by atoms with E-state index in [1.54, 1.807) is 0 Å².